The first-order valence-corrected chi connectivity index (χ1v) is 5.09. The molecule has 0 atom stereocenters. The van der Waals surface area contributed by atoms with Gasteiger partial charge in [0, 0.05) is 18.0 Å². The topological polar surface area (TPSA) is 56.2 Å². The van der Waals surface area contributed by atoms with Gasteiger partial charge in [-0.2, -0.15) is 5.10 Å². The van der Waals surface area contributed by atoms with Crippen LogP contribution in [-0.2, 0) is 0 Å². The second-order valence-corrected chi connectivity index (χ2v) is 3.72. The number of nitrogens with zero attached hydrogens (tertiary/aromatic N) is 3. The van der Waals surface area contributed by atoms with E-state index in [4.69, 9.17) is 5.73 Å². The number of nitrogen functional groups attached to an aromatic ring is 1. The summed E-state index contributed by atoms with van der Waals surface area (Å²) in [5.74, 6) is -0.275. The second kappa shape index (κ2) is 3.55. The molecule has 5 heteroatoms. The lowest BCUT2D eigenvalue weighted by molar-refractivity contribution is 0.628. The van der Waals surface area contributed by atoms with Crippen LogP contribution in [0.1, 0.15) is 0 Å². The molecule has 1 aromatic carbocycles. The summed E-state index contributed by atoms with van der Waals surface area (Å²) in [4.78, 5) is 4.20. The fraction of sp³-hybridized carbons (Fsp3) is 0. The number of rotatable bonds is 1. The molecule has 0 aliphatic heterocycles. The Labute approximate surface area is 96.5 Å². The van der Waals surface area contributed by atoms with Crippen LogP contribution >= 0.6 is 0 Å². The zero-order valence-electron chi connectivity index (χ0n) is 8.84. The average Bonchev–Trinajstić information content (AvgIpc) is 2.71. The largest absolute Gasteiger partial charge is 0.394 e. The van der Waals surface area contributed by atoms with Crippen molar-refractivity contribution in [2.24, 2.45) is 0 Å². The minimum atomic E-state index is -0.275. The van der Waals surface area contributed by atoms with Gasteiger partial charge in [0.25, 0.3) is 0 Å². The molecule has 0 aliphatic carbocycles. The molecule has 0 aliphatic rings. The zero-order chi connectivity index (χ0) is 11.8. The van der Waals surface area contributed by atoms with Gasteiger partial charge in [0.1, 0.15) is 5.82 Å². The first-order chi connectivity index (χ1) is 8.24. The third-order valence-electron chi connectivity index (χ3n) is 2.54. The maximum Gasteiger partial charge on any atom is 0.178 e. The molecule has 2 heterocycles. The number of benzene rings is 1. The summed E-state index contributed by atoms with van der Waals surface area (Å²) in [6.07, 6.45) is 4.97. The summed E-state index contributed by atoms with van der Waals surface area (Å²) in [6, 6.07) is 6.34. The Morgan fingerprint density at radius 2 is 2.06 bits per heavy atom. The van der Waals surface area contributed by atoms with Gasteiger partial charge < -0.3 is 5.73 Å². The fourth-order valence-corrected chi connectivity index (χ4v) is 1.71. The van der Waals surface area contributed by atoms with Gasteiger partial charge in [-0.3, -0.25) is 0 Å². The van der Waals surface area contributed by atoms with Gasteiger partial charge in [-0.1, -0.05) is 12.1 Å². The van der Waals surface area contributed by atoms with E-state index in [1.54, 1.807) is 23.0 Å². The molecule has 84 valence electrons. The second-order valence-electron chi connectivity index (χ2n) is 3.72. The maximum absolute atomic E-state index is 13.1. The van der Waals surface area contributed by atoms with E-state index in [1.807, 2.05) is 6.07 Å². The Morgan fingerprint density at radius 3 is 2.88 bits per heavy atom. The Hall–Kier alpha value is -2.43. The molecule has 2 aromatic heterocycles. The molecule has 3 rings (SSSR count). The molecular formula is C12H9FN4. The minimum Gasteiger partial charge on any atom is -0.394 e. The SMILES string of the molecule is Nc1cnn2cc(-c3cccc(F)c3)cnc12. The predicted molar refractivity (Wildman–Crippen MR) is 62.8 cm³/mol. The molecule has 0 bridgehead atoms. The lowest BCUT2D eigenvalue weighted by Crippen LogP contribution is -1.93. The van der Waals surface area contributed by atoms with Crippen molar-refractivity contribution in [1.29, 1.82) is 0 Å². The van der Waals surface area contributed by atoms with Gasteiger partial charge in [-0.15, -0.1) is 0 Å². The van der Waals surface area contributed by atoms with Gasteiger partial charge in [-0.25, -0.2) is 13.9 Å². The Kier molecular flexibility index (Phi) is 2.04. The molecule has 4 nitrogen and oxygen atoms in total. The number of halogens is 1. The maximum atomic E-state index is 13.1. The smallest absolute Gasteiger partial charge is 0.178 e. The van der Waals surface area contributed by atoms with Crippen LogP contribution in [0.2, 0.25) is 0 Å². The molecule has 0 amide bonds. The quantitative estimate of drug-likeness (QED) is 0.694. The average molecular weight is 228 g/mol. The van der Waals surface area contributed by atoms with Crippen molar-refractivity contribution >= 4 is 11.3 Å². The van der Waals surface area contributed by atoms with Crippen LogP contribution in [0, 0.1) is 5.82 Å². The van der Waals surface area contributed by atoms with E-state index in [2.05, 4.69) is 10.1 Å². The van der Waals surface area contributed by atoms with Crippen molar-refractivity contribution in [3.05, 3.63) is 48.7 Å². The molecule has 3 aromatic rings. The lowest BCUT2D eigenvalue weighted by Gasteiger charge is -2.02. The lowest BCUT2D eigenvalue weighted by atomic mass is 10.1. The highest BCUT2D eigenvalue weighted by molar-refractivity contribution is 5.67. The molecule has 0 saturated heterocycles. The number of hydrogen-bond acceptors (Lipinski definition) is 3. The molecule has 2 N–H and O–H groups in total. The molecule has 0 saturated carbocycles. The van der Waals surface area contributed by atoms with Gasteiger partial charge in [0.15, 0.2) is 5.65 Å². The van der Waals surface area contributed by atoms with Crippen LogP contribution in [0.15, 0.2) is 42.9 Å². The van der Waals surface area contributed by atoms with Crippen LogP contribution in [-0.4, -0.2) is 14.6 Å². The van der Waals surface area contributed by atoms with Gasteiger partial charge in [0.05, 0.1) is 11.9 Å². The molecule has 17 heavy (non-hydrogen) atoms. The first kappa shape index (κ1) is 9.77. The summed E-state index contributed by atoms with van der Waals surface area (Å²) in [5, 5.41) is 4.06. The Bertz CT molecular complexity index is 690. The van der Waals surface area contributed by atoms with Gasteiger partial charge in [0.2, 0.25) is 0 Å². The molecular weight excluding hydrogens is 219 g/mol. The highest BCUT2D eigenvalue weighted by Crippen LogP contribution is 2.20. The van der Waals surface area contributed by atoms with E-state index in [9.17, 15) is 4.39 Å². The third kappa shape index (κ3) is 1.61. The van der Waals surface area contributed by atoms with Crippen LogP contribution in [0.3, 0.4) is 0 Å². The number of hydrogen-bond donors (Lipinski definition) is 1. The fourth-order valence-electron chi connectivity index (χ4n) is 1.71. The molecule has 0 unspecified atom stereocenters. The van der Waals surface area contributed by atoms with Crippen LogP contribution in [0.25, 0.3) is 16.8 Å². The van der Waals surface area contributed by atoms with Gasteiger partial charge >= 0.3 is 0 Å². The van der Waals surface area contributed by atoms with E-state index in [-0.39, 0.29) is 5.82 Å². The van der Waals surface area contributed by atoms with Crippen LogP contribution < -0.4 is 5.73 Å². The molecule has 0 fully saturated rings. The van der Waals surface area contributed by atoms with E-state index >= 15 is 0 Å². The van der Waals surface area contributed by atoms with E-state index in [0.717, 1.165) is 11.1 Å². The summed E-state index contributed by atoms with van der Waals surface area (Å²) in [7, 11) is 0. The van der Waals surface area contributed by atoms with Crippen molar-refractivity contribution in [3.63, 3.8) is 0 Å². The van der Waals surface area contributed by atoms with Crippen molar-refractivity contribution in [3.8, 4) is 11.1 Å². The van der Waals surface area contributed by atoms with Crippen molar-refractivity contribution in [2.75, 3.05) is 5.73 Å². The summed E-state index contributed by atoms with van der Waals surface area (Å²) in [5.41, 5.74) is 8.36. The van der Waals surface area contributed by atoms with E-state index in [1.165, 1.54) is 18.3 Å². The number of anilines is 1. The van der Waals surface area contributed by atoms with E-state index < -0.39 is 0 Å². The van der Waals surface area contributed by atoms with Crippen molar-refractivity contribution < 1.29 is 4.39 Å². The molecule has 0 radical (unpaired) electrons. The van der Waals surface area contributed by atoms with Gasteiger partial charge in [-0.05, 0) is 17.7 Å². The number of aromatic nitrogens is 3. The van der Waals surface area contributed by atoms with Crippen LogP contribution in [0.4, 0.5) is 10.1 Å². The van der Waals surface area contributed by atoms with Crippen molar-refractivity contribution in [2.45, 2.75) is 0 Å². The summed E-state index contributed by atoms with van der Waals surface area (Å²) >= 11 is 0. The predicted octanol–water partition coefficient (Wildman–Crippen LogP) is 2.12. The number of fused-ring (bicyclic) bond motifs is 1. The Balaban J connectivity index is 2.18. The third-order valence-corrected chi connectivity index (χ3v) is 2.54. The first-order valence-electron chi connectivity index (χ1n) is 5.09. The number of nitrogens with two attached hydrogens (primary N) is 1. The normalized spacial score (nSPS) is 10.9. The monoisotopic (exact) mass is 228 g/mol. The standard InChI is InChI=1S/C12H9FN4/c13-10-3-1-2-8(4-10)9-5-15-12-11(14)6-16-17(12)7-9/h1-7H,14H2. The minimum absolute atomic E-state index is 0.275. The summed E-state index contributed by atoms with van der Waals surface area (Å²) in [6.45, 7) is 0. The van der Waals surface area contributed by atoms with E-state index in [0.29, 0.717) is 11.3 Å². The van der Waals surface area contributed by atoms with Crippen LogP contribution in [0.5, 0.6) is 0 Å². The highest BCUT2D eigenvalue weighted by Gasteiger charge is 2.04. The highest BCUT2D eigenvalue weighted by atomic mass is 19.1. The van der Waals surface area contributed by atoms with Crippen molar-refractivity contribution in [1.82, 2.24) is 14.6 Å². The summed E-state index contributed by atoms with van der Waals surface area (Å²) < 4.78 is 14.7. The Morgan fingerprint density at radius 1 is 1.18 bits per heavy atom. The molecule has 0 spiro atoms. The zero-order valence-corrected chi connectivity index (χ0v) is 8.84.